The van der Waals surface area contributed by atoms with Crippen molar-refractivity contribution in [3.63, 3.8) is 0 Å². The number of hydrogen-bond donors (Lipinski definition) is 0. The molecule has 0 radical (unpaired) electrons. The average molecular weight is 403 g/mol. The lowest BCUT2D eigenvalue weighted by Gasteiger charge is -2.12. The molecule has 2 heterocycles. The molecule has 5 heteroatoms. The van der Waals surface area contributed by atoms with Gasteiger partial charge in [0.15, 0.2) is 0 Å². The number of benzene rings is 2. The Morgan fingerprint density at radius 3 is 2.31 bits per heavy atom. The summed E-state index contributed by atoms with van der Waals surface area (Å²) in [5, 5.41) is -0.225. The van der Waals surface area contributed by atoms with Crippen molar-refractivity contribution in [2.24, 2.45) is 0 Å². The molecular weight excluding hydrogens is 380 g/mol. The zero-order chi connectivity index (χ0) is 20.5. The predicted molar refractivity (Wildman–Crippen MR) is 118 cm³/mol. The summed E-state index contributed by atoms with van der Waals surface area (Å²) in [6.07, 6.45) is 1.84. The number of hydrogen-bond acceptors (Lipinski definition) is 3. The Morgan fingerprint density at radius 1 is 0.931 bits per heavy atom. The van der Waals surface area contributed by atoms with Gasteiger partial charge in [0.2, 0.25) is 0 Å². The lowest BCUT2D eigenvalue weighted by atomic mass is 10.2. The second-order valence-corrected chi connectivity index (χ2v) is 8.24. The van der Waals surface area contributed by atoms with Crippen LogP contribution in [0.2, 0.25) is 0 Å². The first-order valence-electron chi connectivity index (χ1n) is 9.49. The van der Waals surface area contributed by atoms with E-state index in [0.29, 0.717) is 11.4 Å². The van der Waals surface area contributed by atoms with E-state index in [1.165, 1.54) is 10.5 Å². The maximum absolute atomic E-state index is 12.8. The molecule has 4 nitrogen and oxygen atoms in total. The molecule has 2 amide bonds. The summed E-state index contributed by atoms with van der Waals surface area (Å²) in [6.45, 7) is 6.44. The van der Waals surface area contributed by atoms with E-state index in [1.807, 2.05) is 50.3 Å². The highest BCUT2D eigenvalue weighted by Gasteiger charge is 2.35. The standard InChI is InChI=1S/C24H22N2O2S/c1-16-9-11-21(12-10-16)26-17(2)13-20(18(26)3)14-22-23(27)25(24(28)29-22)15-19-7-5-4-6-8-19/h4-14H,15H2,1-3H3/b22-14-. The number of carbonyl (C=O) groups excluding carboxylic acids is 2. The van der Waals surface area contributed by atoms with Gasteiger partial charge < -0.3 is 4.57 Å². The fraction of sp³-hybridized carbons (Fsp3) is 0.167. The Labute approximate surface area is 174 Å². The smallest absolute Gasteiger partial charge is 0.293 e. The van der Waals surface area contributed by atoms with E-state index < -0.39 is 0 Å². The maximum Gasteiger partial charge on any atom is 0.293 e. The van der Waals surface area contributed by atoms with Crippen LogP contribution in [0.25, 0.3) is 11.8 Å². The number of nitrogens with zero attached hydrogens (tertiary/aromatic N) is 2. The fourth-order valence-corrected chi connectivity index (χ4v) is 4.40. The van der Waals surface area contributed by atoms with Crippen molar-refractivity contribution in [2.45, 2.75) is 27.3 Å². The normalized spacial score (nSPS) is 15.6. The van der Waals surface area contributed by atoms with E-state index in [-0.39, 0.29) is 11.1 Å². The molecule has 0 N–H and O–H groups in total. The van der Waals surface area contributed by atoms with Crippen LogP contribution in [0.5, 0.6) is 0 Å². The van der Waals surface area contributed by atoms with Gasteiger partial charge in [0.1, 0.15) is 0 Å². The highest BCUT2D eigenvalue weighted by molar-refractivity contribution is 8.18. The Balaban J connectivity index is 1.63. The monoisotopic (exact) mass is 402 g/mol. The van der Waals surface area contributed by atoms with Crippen LogP contribution in [0.1, 0.15) is 28.1 Å². The first kappa shape index (κ1) is 19.3. The molecule has 1 aromatic heterocycles. The summed E-state index contributed by atoms with van der Waals surface area (Å²) in [5.74, 6) is -0.232. The summed E-state index contributed by atoms with van der Waals surface area (Å²) in [5.41, 5.74) is 6.31. The van der Waals surface area contributed by atoms with E-state index in [9.17, 15) is 9.59 Å². The molecule has 3 aromatic rings. The van der Waals surface area contributed by atoms with Crippen molar-refractivity contribution in [3.05, 3.63) is 93.6 Å². The van der Waals surface area contributed by atoms with Gasteiger partial charge in [0.25, 0.3) is 11.1 Å². The highest BCUT2D eigenvalue weighted by Crippen LogP contribution is 2.34. The molecule has 1 aliphatic heterocycles. The first-order valence-corrected chi connectivity index (χ1v) is 10.3. The van der Waals surface area contributed by atoms with Crippen molar-refractivity contribution >= 4 is 29.0 Å². The second kappa shape index (κ2) is 7.76. The molecule has 1 fully saturated rings. The van der Waals surface area contributed by atoms with Crippen LogP contribution in [-0.2, 0) is 11.3 Å². The van der Waals surface area contributed by atoms with Gasteiger partial charge in [-0.3, -0.25) is 14.5 Å². The number of thioether (sulfide) groups is 1. The molecule has 146 valence electrons. The number of amides is 2. The lowest BCUT2D eigenvalue weighted by Crippen LogP contribution is -2.27. The summed E-state index contributed by atoms with van der Waals surface area (Å²) < 4.78 is 2.17. The second-order valence-electron chi connectivity index (χ2n) is 7.25. The van der Waals surface area contributed by atoms with E-state index >= 15 is 0 Å². The van der Waals surface area contributed by atoms with Gasteiger partial charge in [-0.1, -0.05) is 48.0 Å². The number of aryl methyl sites for hydroxylation is 2. The quantitative estimate of drug-likeness (QED) is 0.531. The molecule has 4 rings (SSSR count). The number of imide groups is 1. The zero-order valence-electron chi connectivity index (χ0n) is 16.7. The summed E-state index contributed by atoms with van der Waals surface area (Å²) >= 11 is 1.01. The third-order valence-electron chi connectivity index (χ3n) is 5.11. The summed E-state index contributed by atoms with van der Waals surface area (Å²) in [4.78, 5) is 27.0. The van der Waals surface area contributed by atoms with Crippen molar-refractivity contribution in [1.29, 1.82) is 0 Å². The van der Waals surface area contributed by atoms with Gasteiger partial charge in [0.05, 0.1) is 11.4 Å². The molecule has 0 unspecified atom stereocenters. The number of rotatable bonds is 4. The third kappa shape index (κ3) is 3.78. The Kier molecular flexibility index (Phi) is 5.16. The minimum absolute atomic E-state index is 0.225. The van der Waals surface area contributed by atoms with Gasteiger partial charge >= 0.3 is 0 Å². The topological polar surface area (TPSA) is 42.3 Å². The molecule has 0 spiro atoms. The fourth-order valence-electron chi connectivity index (χ4n) is 3.57. The number of aromatic nitrogens is 1. The molecule has 0 aliphatic carbocycles. The minimum atomic E-state index is -0.232. The molecule has 2 aromatic carbocycles. The van der Waals surface area contributed by atoms with Crippen LogP contribution < -0.4 is 0 Å². The largest absolute Gasteiger partial charge is 0.318 e. The lowest BCUT2D eigenvalue weighted by molar-refractivity contribution is -0.123. The molecule has 1 saturated heterocycles. The van der Waals surface area contributed by atoms with E-state index in [0.717, 1.165) is 40.0 Å². The molecule has 0 saturated carbocycles. The van der Waals surface area contributed by atoms with Crippen LogP contribution in [0.15, 0.2) is 65.6 Å². The Hall–Kier alpha value is -3.05. The van der Waals surface area contributed by atoms with Crippen molar-refractivity contribution < 1.29 is 9.59 Å². The highest BCUT2D eigenvalue weighted by atomic mass is 32.2. The maximum atomic E-state index is 12.8. The summed E-state index contributed by atoms with van der Waals surface area (Å²) in [7, 11) is 0. The first-order chi connectivity index (χ1) is 13.9. The molecule has 1 aliphatic rings. The van der Waals surface area contributed by atoms with Crippen LogP contribution >= 0.6 is 11.8 Å². The van der Waals surface area contributed by atoms with Gasteiger partial charge in [-0.25, -0.2) is 0 Å². The van der Waals surface area contributed by atoms with Crippen LogP contribution in [-0.4, -0.2) is 20.6 Å². The third-order valence-corrected chi connectivity index (χ3v) is 6.01. The van der Waals surface area contributed by atoms with Gasteiger partial charge in [-0.2, -0.15) is 0 Å². The van der Waals surface area contributed by atoms with E-state index in [1.54, 1.807) is 0 Å². The number of carbonyl (C=O) groups is 2. The molecule has 0 atom stereocenters. The molecule has 0 bridgehead atoms. The predicted octanol–water partition coefficient (Wildman–Crippen LogP) is 5.64. The van der Waals surface area contributed by atoms with Crippen molar-refractivity contribution in [1.82, 2.24) is 9.47 Å². The van der Waals surface area contributed by atoms with Crippen molar-refractivity contribution in [3.8, 4) is 5.69 Å². The molecular formula is C24H22N2O2S. The summed E-state index contributed by atoms with van der Waals surface area (Å²) in [6, 6.07) is 20.0. The van der Waals surface area contributed by atoms with Gasteiger partial charge in [-0.15, -0.1) is 0 Å². The molecule has 29 heavy (non-hydrogen) atoms. The Morgan fingerprint density at radius 2 is 1.62 bits per heavy atom. The minimum Gasteiger partial charge on any atom is -0.318 e. The SMILES string of the molecule is Cc1ccc(-n2c(C)cc(/C=C3\SC(=O)N(Cc4ccccc4)C3=O)c2C)cc1. The Bertz CT molecular complexity index is 1110. The van der Waals surface area contributed by atoms with Crippen LogP contribution in [0, 0.1) is 20.8 Å². The van der Waals surface area contributed by atoms with Crippen LogP contribution in [0.3, 0.4) is 0 Å². The van der Waals surface area contributed by atoms with Gasteiger partial charge in [0, 0.05) is 17.1 Å². The van der Waals surface area contributed by atoms with E-state index in [2.05, 4.69) is 41.8 Å². The van der Waals surface area contributed by atoms with Crippen molar-refractivity contribution in [2.75, 3.05) is 0 Å². The average Bonchev–Trinajstić information content (AvgIpc) is 3.13. The van der Waals surface area contributed by atoms with Gasteiger partial charge in [-0.05, 0) is 67.9 Å². The zero-order valence-corrected chi connectivity index (χ0v) is 17.5. The van der Waals surface area contributed by atoms with E-state index in [4.69, 9.17) is 0 Å². The van der Waals surface area contributed by atoms with Crippen LogP contribution in [0.4, 0.5) is 4.79 Å².